The average molecular weight is 384 g/mol. The largest absolute Gasteiger partial charge is 0.497 e. The van der Waals surface area contributed by atoms with Crippen LogP contribution < -0.4 is 9.64 Å². The summed E-state index contributed by atoms with van der Waals surface area (Å²) in [6, 6.07) is 4.92. The van der Waals surface area contributed by atoms with Gasteiger partial charge >= 0.3 is 12.1 Å². The third kappa shape index (κ3) is 3.39. The fourth-order valence-corrected chi connectivity index (χ4v) is 3.20. The highest BCUT2D eigenvalue weighted by atomic mass is 19.4. The SMILES string of the molecule is CCOC(=O)c1cnc2ccc(OC)cc2c1N1CCC(O)(C(F)(F)F)C1. The van der Waals surface area contributed by atoms with E-state index in [9.17, 15) is 23.1 Å². The number of alkyl halides is 3. The standard InChI is InChI=1S/C18H19F3N2O4/c1-3-27-16(24)13-9-22-14-5-4-11(26-2)8-12(14)15(13)23-7-6-17(25,10-23)18(19,20)21/h4-5,8-9,25H,3,6-7,10H2,1-2H3. The Kier molecular flexibility index (Phi) is 4.90. The molecule has 1 aromatic heterocycles. The van der Waals surface area contributed by atoms with Gasteiger partial charge in [-0.1, -0.05) is 0 Å². The molecule has 0 radical (unpaired) electrons. The van der Waals surface area contributed by atoms with Crippen LogP contribution in [-0.4, -0.2) is 54.6 Å². The molecule has 1 fully saturated rings. The molecule has 0 aliphatic carbocycles. The molecule has 1 saturated heterocycles. The number of benzene rings is 1. The maximum absolute atomic E-state index is 13.2. The maximum atomic E-state index is 13.2. The van der Waals surface area contributed by atoms with Crippen molar-refractivity contribution in [3.05, 3.63) is 30.0 Å². The van der Waals surface area contributed by atoms with E-state index in [2.05, 4.69) is 4.98 Å². The lowest BCUT2D eigenvalue weighted by Gasteiger charge is -2.28. The van der Waals surface area contributed by atoms with E-state index in [1.807, 2.05) is 0 Å². The van der Waals surface area contributed by atoms with Crippen molar-refractivity contribution in [3.63, 3.8) is 0 Å². The molecule has 1 unspecified atom stereocenters. The quantitative estimate of drug-likeness (QED) is 0.818. The summed E-state index contributed by atoms with van der Waals surface area (Å²) in [4.78, 5) is 17.9. The van der Waals surface area contributed by atoms with Crippen molar-refractivity contribution < 1.29 is 32.5 Å². The summed E-state index contributed by atoms with van der Waals surface area (Å²) in [5.74, 6) is -0.219. The van der Waals surface area contributed by atoms with Gasteiger partial charge in [0.25, 0.3) is 0 Å². The zero-order valence-electron chi connectivity index (χ0n) is 14.8. The molecular weight excluding hydrogens is 365 g/mol. The number of anilines is 1. The lowest BCUT2D eigenvalue weighted by molar-refractivity contribution is -0.250. The summed E-state index contributed by atoms with van der Waals surface area (Å²) in [7, 11) is 1.46. The van der Waals surface area contributed by atoms with Crippen LogP contribution in [-0.2, 0) is 4.74 Å². The van der Waals surface area contributed by atoms with Gasteiger partial charge in [0, 0.05) is 24.5 Å². The zero-order valence-corrected chi connectivity index (χ0v) is 14.8. The van der Waals surface area contributed by atoms with Crippen LogP contribution in [0.5, 0.6) is 5.75 Å². The third-order valence-electron chi connectivity index (χ3n) is 4.63. The minimum Gasteiger partial charge on any atom is -0.497 e. The molecule has 0 bridgehead atoms. The van der Waals surface area contributed by atoms with E-state index in [1.165, 1.54) is 18.2 Å². The normalized spacial score (nSPS) is 20.1. The van der Waals surface area contributed by atoms with Crippen molar-refractivity contribution in [3.8, 4) is 5.75 Å². The number of halogens is 3. The topological polar surface area (TPSA) is 71.9 Å². The van der Waals surface area contributed by atoms with Crippen LogP contribution >= 0.6 is 0 Å². The molecule has 0 spiro atoms. The second kappa shape index (κ2) is 6.88. The van der Waals surface area contributed by atoms with Crippen LogP contribution in [0.4, 0.5) is 18.9 Å². The van der Waals surface area contributed by atoms with E-state index in [0.29, 0.717) is 16.7 Å². The van der Waals surface area contributed by atoms with Crippen molar-refractivity contribution in [2.24, 2.45) is 0 Å². The Morgan fingerprint density at radius 2 is 2.15 bits per heavy atom. The number of rotatable bonds is 4. The first-order valence-electron chi connectivity index (χ1n) is 8.38. The van der Waals surface area contributed by atoms with Gasteiger partial charge in [0.1, 0.15) is 11.3 Å². The fourth-order valence-electron chi connectivity index (χ4n) is 3.20. The van der Waals surface area contributed by atoms with Gasteiger partial charge in [-0.05, 0) is 25.1 Å². The molecular formula is C18H19F3N2O4. The number of hydrogen-bond donors (Lipinski definition) is 1. The minimum absolute atomic E-state index is 0.0454. The van der Waals surface area contributed by atoms with Crippen LogP contribution in [0.25, 0.3) is 10.9 Å². The summed E-state index contributed by atoms with van der Waals surface area (Å²) < 4.78 is 50.0. The van der Waals surface area contributed by atoms with E-state index in [0.717, 1.165) is 0 Å². The van der Waals surface area contributed by atoms with E-state index in [1.54, 1.807) is 25.1 Å². The molecule has 1 aromatic carbocycles. The van der Waals surface area contributed by atoms with Gasteiger partial charge < -0.3 is 19.5 Å². The van der Waals surface area contributed by atoms with Gasteiger partial charge in [0.05, 0.1) is 31.5 Å². The Morgan fingerprint density at radius 3 is 2.74 bits per heavy atom. The molecule has 1 N–H and O–H groups in total. The number of ether oxygens (including phenoxy) is 2. The molecule has 1 atom stereocenters. The summed E-state index contributed by atoms with van der Waals surface area (Å²) >= 11 is 0. The highest BCUT2D eigenvalue weighted by molar-refractivity contribution is 6.05. The number of hydrogen-bond acceptors (Lipinski definition) is 6. The van der Waals surface area contributed by atoms with Gasteiger partial charge in [0.15, 0.2) is 5.60 Å². The number of aromatic nitrogens is 1. The Morgan fingerprint density at radius 1 is 1.41 bits per heavy atom. The number of carbonyl (C=O) groups is 1. The summed E-state index contributed by atoms with van der Waals surface area (Å²) in [5, 5.41) is 10.5. The monoisotopic (exact) mass is 384 g/mol. The Balaban J connectivity index is 2.16. The summed E-state index contributed by atoms with van der Waals surface area (Å²) in [5.41, 5.74) is -2.06. The maximum Gasteiger partial charge on any atom is 0.418 e. The third-order valence-corrected chi connectivity index (χ3v) is 4.63. The molecule has 0 amide bonds. The first kappa shape index (κ1) is 19.2. The van der Waals surface area contributed by atoms with E-state index >= 15 is 0 Å². The van der Waals surface area contributed by atoms with Crippen molar-refractivity contribution in [1.29, 1.82) is 0 Å². The number of methoxy groups -OCH3 is 1. The van der Waals surface area contributed by atoms with Crippen molar-refractivity contribution in [2.45, 2.75) is 25.1 Å². The molecule has 9 heteroatoms. The smallest absolute Gasteiger partial charge is 0.418 e. The molecule has 1 aliphatic heterocycles. The Bertz CT molecular complexity index is 872. The molecule has 1 aliphatic rings. The highest BCUT2D eigenvalue weighted by Crippen LogP contribution is 2.42. The van der Waals surface area contributed by atoms with Crippen molar-refractivity contribution in [1.82, 2.24) is 4.98 Å². The number of aliphatic hydroxyl groups is 1. The number of esters is 1. The lowest BCUT2D eigenvalue weighted by Crippen LogP contribution is -2.47. The van der Waals surface area contributed by atoms with Crippen LogP contribution in [0.15, 0.2) is 24.4 Å². The van der Waals surface area contributed by atoms with Gasteiger partial charge in [-0.3, -0.25) is 4.98 Å². The number of nitrogens with zero attached hydrogens (tertiary/aromatic N) is 2. The van der Waals surface area contributed by atoms with E-state index in [-0.39, 0.29) is 24.4 Å². The van der Waals surface area contributed by atoms with Gasteiger partial charge in [-0.25, -0.2) is 4.79 Å². The van der Waals surface area contributed by atoms with Crippen molar-refractivity contribution >= 4 is 22.6 Å². The number of carbonyl (C=O) groups excluding carboxylic acids is 1. The van der Waals surface area contributed by atoms with Crippen LogP contribution in [0.1, 0.15) is 23.7 Å². The van der Waals surface area contributed by atoms with Crippen LogP contribution in [0.2, 0.25) is 0 Å². The molecule has 146 valence electrons. The predicted octanol–water partition coefficient (Wildman–Crippen LogP) is 2.92. The Hall–Kier alpha value is -2.55. The summed E-state index contributed by atoms with van der Waals surface area (Å²) in [6.45, 7) is 0.992. The second-order valence-electron chi connectivity index (χ2n) is 6.32. The van der Waals surface area contributed by atoms with Crippen molar-refractivity contribution in [2.75, 3.05) is 31.7 Å². The predicted molar refractivity (Wildman–Crippen MR) is 92.1 cm³/mol. The fraction of sp³-hybridized carbons (Fsp3) is 0.444. The molecule has 3 rings (SSSR count). The Labute approximate surface area is 153 Å². The zero-order chi connectivity index (χ0) is 19.8. The molecule has 2 aromatic rings. The van der Waals surface area contributed by atoms with Crippen LogP contribution in [0, 0.1) is 0 Å². The molecule has 2 heterocycles. The van der Waals surface area contributed by atoms with Crippen LogP contribution in [0.3, 0.4) is 0 Å². The van der Waals surface area contributed by atoms with Gasteiger partial charge in [0.2, 0.25) is 0 Å². The summed E-state index contributed by atoms with van der Waals surface area (Å²) in [6.07, 6.45) is -3.98. The average Bonchev–Trinajstić information content (AvgIpc) is 3.03. The van der Waals surface area contributed by atoms with E-state index < -0.39 is 30.7 Å². The lowest BCUT2D eigenvalue weighted by atomic mass is 10.0. The number of β-amino-alcohol motifs (C(OH)–C–C–N with tert-alkyl or cyclic N) is 1. The van der Waals surface area contributed by atoms with Gasteiger partial charge in [-0.2, -0.15) is 13.2 Å². The second-order valence-corrected chi connectivity index (χ2v) is 6.32. The highest BCUT2D eigenvalue weighted by Gasteiger charge is 2.57. The number of pyridine rings is 1. The number of fused-ring (bicyclic) bond motifs is 1. The first-order chi connectivity index (χ1) is 12.7. The molecule has 6 nitrogen and oxygen atoms in total. The van der Waals surface area contributed by atoms with Gasteiger partial charge in [-0.15, -0.1) is 0 Å². The van der Waals surface area contributed by atoms with E-state index in [4.69, 9.17) is 9.47 Å². The minimum atomic E-state index is -4.77. The molecule has 0 saturated carbocycles. The first-order valence-corrected chi connectivity index (χ1v) is 8.38. The molecule has 27 heavy (non-hydrogen) atoms.